The van der Waals surface area contributed by atoms with Crippen molar-refractivity contribution in [3.8, 4) is 0 Å². The highest BCUT2D eigenvalue weighted by Crippen LogP contribution is 2.21. The molecule has 64 valence electrons. The van der Waals surface area contributed by atoms with E-state index in [1.54, 1.807) is 0 Å². The first-order valence-corrected chi connectivity index (χ1v) is 4.63. The van der Waals surface area contributed by atoms with E-state index in [-0.39, 0.29) is 0 Å². The van der Waals surface area contributed by atoms with Crippen molar-refractivity contribution in [2.75, 3.05) is 0 Å². The molecule has 1 N–H and O–H groups in total. The maximum absolute atomic E-state index is 3.48. The van der Waals surface area contributed by atoms with E-state index in [1.807, 2.05) is 0 Å². The number of aromatic nitrogens is 1. The molecule has 0 unspecified atom stereocenters. The van der Waals surface area contributed by atoms with Crippen molar-refractivity contribution < 1.29 is 0 Å². The predicted octanol–water partition coefficient (Wildman–Crippen LogP) is 2.79. The maximum atomic E-state index is 3.48. The summed E-state index contributed by atoms with van der Waals surface area (Å²) in [5, 5.41) is 0. The molecule has 1 heterocycles. The van der Waals surface area contributed by atoms with Crippen LogP contribution in [0.2, 0.25) is 0 Å². The quantitative estimate of drug-likeness (QED) is 0.610. The lowest BCUT2D eigenvalue weighted by Crippen LogP contribution is -1.93. The number of nitrogens with one attached hydrogen (secondary N) is 1. The Labute approximate surface area is 73.5 Å². The van der Waals surface area contributed by atoms with Crippen molar-refractivity contribution in [1.82, 2.24) is 4.98 Å². The molecule has 1 aromatic rings. The van der Waals surface area contributed by atoms with Crippen molar-refractivity contribution >= 4 is 0 Å². The van der Waals surface area contributed by atoms with E-state index in [0.717, 1.165) is 12.8 Å². The number of hydrogen-bond donors (Lipinski definition) is 1. The summed E-state index contributed by atoms with van der Waals surface area (Å²) in [6.07, 6.45) is 6.68. The Kier molecular flexibility index (Phi) is 1.80. The van der Waals surface area contributed by atoms with Gasteiger partial charge in [-0.25, -0.2) is 0 Å². The predicted molar refractivity (Wildman–Crippen MR) is 51.4 cm³/mol. The third-order valence-corrected chi connectivity index (χ3v) is 2.46. The van der Waals surface area contributed by atoms with E-state index in [1.165, 1.54) is 17.0 Å². The Morgan fingerprint density at radius 1 is 1.25 bits per heavy atom. The zero-order chi connectivity index (χ0) is 8.55. The lowest BCUT2D eigenvalue weighted by molar-refractivity contribution is 0.826. The summed E-state index contributed by atoms with van der Waals surface area (Å²) >= 11 is 0. The molecular formula is C11H15N. The Hall–Kier alpha value is -0.980. The second-order valence-corrected chi connectivity index (χ2v) is 3.76. The van der Waals surface area contributed by atoms with Gasteiger partial charge in [0, 0.05) is 17.8 Å². The van der Waals surface area contributed by atoms with Gasteiger partial charge in [-0.15, -0.1) is 0 Å². The summed E-state index contributed by atoms with van der Waals surface area (Å²) in [5.41, 5.74) is 4.28. The standard InChI is InChI=1S/C11H15N/c1-8(2)11-7-9-5-3-4-6-10(9)12-11/h3-4,7-8,12H,5-6H2,1-2H3. The van der Waals surface area contributed by atoms with Crippen LogP contribution in [0.4, 0.5) is 0 Å². The smallest absolute Gasteiger partial charge is 0.0223 e. The molecule has 0 aliphatic heterocycles. The summed E-state index contributed by atoms with van der Waals surface area (Å²) in [7, 11) is 0. The Bertz CT molecular complexity index is 279. The first-order chi connectivity index (χ1) is 5.77. The number of allylic oxidation sites excluding steroid dienone is 2. The summed E-state index contributed by atoms with van der Waals surface area (Å²) in [5.74, 6) is 0.621. The number of hydrogen-bond acceptors (Lipinski definition) is 0. The van der Waals surface area contributed by atoms with Crippen LogP contribution in [0.25, 0.3) is 0 Å². The molecule has 0 aromatic carbocycles. The van der Waals surface area contributed by atoms with Gasteiger partial charge in [-0.1, -0.05) is 26.0 Å². The van der Waals surface area contributed by atoms with Crippen molar-refractivity contribution in [3.05, 3.63) is 35.2 Å². The van der Waals surface area contributed by atoms with Gasteiger partial charge >= 0.3 is 0 Å². The zero-order valence-corrected chi connectivity index (χ0v) is 7.72. The third kappa shape index (κ3) is 1.20. The van der Waals surface area contributed by atoms with Gasteiger partial charge in [0.1, 0.15) is 0 Å². The second-order valence-electron chi connectivity index (χ2n) is 3.76. The van der Waals surface area contributed by atoms with Gasteiger partial charge in [0.2, 0.25) is 0 Å². The van der Waals surface area contributed by atoms with Gasteiger partial charge < -0.3 is 4.98 Å². The molecule has 1 aromatic heterocycles. The average Bonchev–Trinajstić information content (AvgIpc) is 2.46. The number of H-pyrrole nitrogens is 1. The first kappa shape index (κ1) is 7.66. The molecule has 0 spiro atoms. The molecule has 1 aliphatic carbocycles. The Balaban J connectivity index is 2.34. The van der Waals surface area contributed by atoms with Crippen LogP contribution >= 0.6 is 0 Å². The molecule has 1 aliphatic rings. The normalized spacial score (nSPS) is 15.2. The van der Waals surface area contributed by atoms with Crippen LogP contribution in [0.1, 0.15) is 36.7 Å². The van der Waals surface area contributed by atoms with Crippen LogP contribution in [0.3, 0.4) is 0 Å². The Morgan fingerprint density at radius 3 is 2.67 bits per heavy atom. The van der Waals surface area contributed by atoms with Crippen LogP contribution in [0.5, 0.6) is 0 Å². The molecule has 2 rings (SSSR count). The third-order valence-electron chi connectivity index (χ3n) is 2.46. The van der Waals surface area contributed by atoms with Gasteiger partial charge in [0.25, 0.3) is 0 Å². The molecule has 12 heavy (non-hydrogen) atoms. The fourth-order valence-corrected chi connectivity index (χ4v) is 1.65. The fraction of sp³-hybridized carbons (Fsp3) is 0.455. The molecule has 0 bridgehead atoms. The molecule has 0 atom stereocenters. The van der Waals surface area contributed by atoms with Gasteiger partial charge in [-0.05, 0) is 24.0 Å². The highest BCUT2D eigenvalue weighted by molar-refractivity contribution is 5.33. The van der Waals surface area contributed by atoms with Gasteiger partial charge in [0.05, 0.1) is 0 Å². The Morgan fingerprint density at radius 2 is 2.00 bits per heavy atom. The summed E-state index contributed by atoms with van der Waals surface area (Å²) < 4.78 is 0. The van der Waals surface area contributed by atoms with E-state index in [9.17, 15) is 0 Å². The summed E-state index contributed by atoms with van der Waals surface area (Å²) in [6.45, 7) is 4.45. The van der Waals surface area contributed by atoms with Crippen LogP contribution in [0.15, 0.2) is 18.2 Å². The monoisotopic (exact) mass is 161 g/mol. The maximum Gasteiger partial charge on any atom is 0.0223 e. The number of fused-ring (bicyclic) bond motifs is 1. The van der Waals surface area contributed by atoms with Gasteiger partial charge in [-0.3, -0.25) is 0 Å². The number of aromatic amines is 1. The minimum absolute atomic E-state index is 0.621. The van der Waals surface area contributed by atoms with Crippen molar-refractivity contribution in [2.45, 2.75) is 32.6 Å². The summed E-state index contributed by atoms with van der Waals surface area (Å²) in [4.78, 5) is 3.48. The molecular weight excluding hydrogens is 146 g/mol. The highest BCUT2D eigenvalue weighted by Gasteiger charge is 2.10. The van der Waals surface area contributed by atoms with E-state index < -0.39 is 0 Å². The van der Waals surface area contributed by atoms with E-state index in [4.69, 9.17) is 0 Å². The topological polar surface area (TPSA) is 15.8 Å². The van der Waals surface area contributed by atoms with Crippen molar-refractivity contribution in [2.24, 2.45) is 0 Å². The zero-order valence-electron chi connectivity index (χ0n) is 7.72. The van der Waals surface area contributed by atoms with Crippen LogP contribution < -0.4 is 0 Å². The number of rotatable bonds is 1. The van der Waals surface area contributed by atoms with E-state index in [0.29, 0.717) is 5.92 Å². The molecule has 0 amide bonds. The lowest BCUT2D eigenvalue weighted by atomic mass is 10.0. The van der Waals surface area contributed by atoms with Crippen molar-refractivity contribution in [1.29, 1.82) is 0 Å². The van der Waals surface area contributed by atoms with Gasteiger partial charge in [-0.2, -0.15) is 0 Å². The minimum Gasteiger partial charge on any atom is -0.362 e. The van der Waals surface area contributed by atoms with E-state index >= 15 is 0 Å². The minimum atomic E-state index is 0.621. The first-order valence-electron chi connectivity index (χ1n) is 4.63. The largest absolute Gasteiger partial charge is 0.362 e. The van der Waals surface area contributed by atoms with Gasteiger partial charge in [0.15, 0.2) is 0 Å². The average molecular weight is 161 g/mol. The van der Waals surface area contributed by atoms with Crippen LogP contribution in [-0.2, 0) is 12.8 Å². The molecule has 1 heteroatoms. The SMILES string of the molecule is CC(C)c1cc2c([nH]1)CC=CC2. The van der Waals surface area contributed by atoms with E-state index in [2.05, 4.69) is 37.0 Å². The highest BCUT2D eigenvalue weighted by atomic mass is 14.7. The summed E-state index contributed by atoms with van der Waals surface area (Å²) in [6, 6.07) is 2.31. The molecule has 1 nitrogen and oxygen atoms in total. The second kappa shape index (κ2) is 2.81. The molecule has 0 radical (unpaired) electrons. The van der Waals surface area contributed by atoms with Crippen molar-refractivity contribution in [3.63, 3.8) is 0 Å². The van der Waals surface area contributed by atoms with Crippen LogP contribution in [0, 0.1) is 0 Å². The lowest BCUT2D eigenvalue weighted by Gasteiger charge is -2.02. The fourth-order valence-electron chi connectivity index (χ4n) is 1.65. The molecule has 0 saturated heterocycles. The molecule has 0 saturated carbocycles. The van der Waals surface area contributed by atoms with Crippen LogP contribution in [-0.4, -0.2) is 4.98 Å². The molecule has 0 fully saturated rings.